The molecule has 1 spiro atoms. The van der Waals surface area contributed by atoms with E-state index in [-0.39, 0.29) is 11.8 Å². The molecule has 0 unspecified atom stereocenters. The first-order valence-electron chi connectivity index (χ1n) is 8.93. The first-order chi connectivity index (χ1) is 13.5. The lowest BCUT2D eigenvalue weighted by Gasteiger charge is -2.45. The predicted molar refractivity (Wildman–Crippen MR) is 104 cm³/mol. The number of nitrogens with two attached hydrogens (primary N) is 1. The van der Waals surface area contributed by atoms with Crippen molar-refractivity contribution in [3.63, 3.8) is 0 Å². The minimum atomic E-state index is -0.877. The molecule has 2 aromatic rings. The number of halogens is 2. The van der Waals surface area contributed by atoms with Gasteiger partial charge in [-0.05, 0) is 31.2 Å². The van der Waals surface area contributed by atoms with Crippen LogP contribution in [0.25, 0.3) is 0 Å². The smallest absolute Gasteiger partial charge is 0.241 e. The lowest BCUT2D eigenvalue weighted by Crippen LogP contribution is -2.51. The highest BCUT2D eigenvalue weighted by Crippen LogP contribution is 2.57. The highest BCUT2D eigenvalue weighted by molar-refractivity contribution is 8.15. The number of para-hydroxylation sites is 1. The lowest BCUT2D eigenvalue weighted by atomic mass is 9.86. The molecule has 5 nitrogen and oxygen atoms in total. The van der Waals surface area contributed by atoms with Gasteiger partial charge in [-0.3, -0.25) is 4.79 Å². The monoisotopic (exact) mass is 403 g/mol. The Bertz CT molecular complexity index is 948. The molecule has 0 saturated carbocycles. The summed E-state index contributed by atoms with van der Waals surface area (Å²) in [7, 11) is 0. The van der Waals surface area contributed by atoms with Crippen molar-refractivity contribution in [3.8, 4) is 5.75 Å². The van der Waals surface area contributed by atoms with Crippen LogP contribution < -0.4 is 10.5 Å². The number of carbonyl (C=O) groups is 1. The van der Waals surface area contributed by atoms with Gasteiger partial charge in [-0.15, -0.1) is 0 Å². The van der Waals surface area contributed by atoms with Crippen LogP contribution in [0.4, 0.5) is 8.78 Å². The van der Waals surface area contributed by atoms with Crippen molar-refractivity contribution in [2.75, 3.05) is 13.2 Å². The van der Waals surface area contributed by atoms with Crippen LogP contribution in [-0.4, -0.2) is 29.1 Å². The number of amides is 1. The quantitative estimate of drug-likeness (QED) is 0.853. The third kappa shape index (κ3) is 2.97. The summed E-state index contributed by atoms with van der Waals surface area (Å²) in [6.07, 6.45) is 0.603. The zero-order valence-electron chi connectivity index (χ0n) is 15.2. The molecule has 0 radical (unpaired) electrons. The summed E-state index contributed by atoms with van der Waals surface area (Å²) in [5.41, 5.74) is 6.93. The number of hydrogen-bond donors (Lipinski definition) is 1. The summed E-state index contributed by atoms with van der Waals surface area (Å²) in [6.45, 7) is 2.21. The van der Waals surface area contributed by atoms with Crippen molar-refractivity contribution >= 4 is 22.7 Å². The fraction of sp³-hybridized carbons (Fsp3) is 0.300. The maximum atomic E-state index is 13.8. The number of benzene rings is 2. The molecular formula is C20H19F2N3O2S. The topological polar surface area (TPSA) is 67.9 Å². The van der Waals surface area contributed by atoms with Gasteiger partial charge >= 0.3 is 0 Å². The molecule has 0 bridgehead atoms. The Balaban J connectivity index is 1.88. The number of rotatable bonds is 3. The fourth-order valence-electron chi connectivity index (χ4n) is 3.79. The van der Waals surface area contributed by atoms with E-state index in [1.165, 1.54) is 35.8 Å². The van der Waals surface area contributed by atoms with Crippen LogP contribution in [0.1, 0.15) is 24.5 Å². The second kappa shape index (κ2) is 7.18. The van der Waals surface area contributed by atoms with Crippen molar-refractivity contribution in [2.45, 2.75) is 18.2 Å². The molecular weight excluding hydrogens is 384 g/mol. The minimum absolute atomic E-state index is 0.138. The highest BCUT2D eigenvalue weighted by atomic mass is 32.2. The molecule has 2 aliphatic rings. The summed E-state index contributed by atoms with van der Waals surface area (Å²) in [6, 6.07) is 10.7. The van der Waals surface area contributed by atoms with Gasteiger partial charge in [-0.2, -0.15) is 5.10 Å². The Morgan fingerprint density at radius 1 is 1.32 bits per heavy atom. The van der Waals surface area contributed by atoms with Gasteiger partial charge in [0.25, 0.3) is 0 Å². The fourth-order valence-corrected chi connectivity index (χ4v) is 5.33. The summed E-state index contributed by atoms with van der Waals surface area (Å²) in [4.78, 5) is 11.7. The lowest BCUT2D eigenvalue weighted by molar-refractivity contribution is -0.134. The van der Waals surface area contributed by atoms with E-state index in [0.717, 1.165) is 11.6 Å². The van der Waals surface area contributed by atoms with E-state index in [2.05, 4.69) is 5.10 Å². The Morgan fingerprint density at radius 2 is 2.04 bits per heavy atom. The van der Waals surface area contributed by atoms with Gasteiger partial charge in [0, 0.05) is 30.0 Å². The van der Waals surface area contributed by atoms with E-state index in [1.807, 2.05) is 24.3 Å². The first kappa shape index (κ1) is 18.9. The van der Waals surface area contributed by atoms with E-state index >= 15 is 0 Å². The van der Waals surface area contributed by atoms with Crippen molar-refractivity contribution in [2.24, 2.45) is 16.8 Å². The minimum Gasteiger partial charge on any atom is -0.493 e. The Kier molecular flexibility index (Phi) is 4.84. The number of hydrazone groups is 1. The third-order valence-electron chi connectivity index (χ3n) is 4.95. The molecule has 28 heavy (non-hydrogen) atoms. The SMILES string of the molecule is CC(=O)N1N=C(c2cc(F)cc(F)c2)S[C@]12c1ccccc1OC[C@@H]2CCN. The normalized spacial score (nSPS) is 23.4. The zero-order valence-corrected chi connectivity index (χ0v) is 16.0. The van der Waals surface area contributed by atoms with Crippen LogP contribution in [0.2, 0.25) is 0 Å². The molecule has 1 amide bonds. The second-order valence-corrected chi connectivity index (χ2v) is 7.99. The number of hydrogen-bond acceptors (Lipinski definition) is 5. The largest absolute Gasteiger partial charge is 0.493 e. The summed E-state index contributed by atoms with van der Waals surface area (Å²) < 4.78 is 33.5. The second-order valence-electron chi connectivity index (χ2n) is 6.77. The van der Waals surface area contributed by atoms with E-state index < -0.39 is 16.5 Å². The molecule has 4 rings (SSSR count). The van der Waals surface area contributed by atoms with Gasteiger partial charge in [0.05, 0.1) is 6.61 Å². The van der Waals surface area contributed by atoms with Gasteiger partial charge in [0.1, 0.15) is 22.4 Å². The molecule has 0 aromatic heterocycles. The molecule has 2 aliphatic heterocycles. The van der Waals surface area contributed by atoms with Crippen LogP contribution in [0, 0.1) is 17.6 Å². The molecule has 2 aromatic carbocycles. The average Bonchev–Trinajstić information content (AvgIpc) is 3.05. The van der Waals surface area contributed by atoms with E-state index in [0.29, 0.717) is 35.9 Å². The van der Waals surface area contributed by atoms with Gasteiger partial charge in [0.2, 0.25) is 5.91 Å². The molecule has 0 aliphatic carbocycles. The Morgan fingerprint density at radius 3 is 2.71 bits per heavy atom. The van der Waals surface area contributed by atoms with Gasteiger partial charge < -0.3 is 10.5 Å². The zero-order chi connectivity index (χ0) is 19.9. The van der Waals surface area contributed by atoms with Crippen molar-refractivity contribution < 1.29 is 18.3 Å². The number of fused-ring (bicyclic) bond motifs is 2. The molecule has 8 heteroatoms. The Hall–Kier alpha value is -2.45. The molecule has 146 valence electrons. The van der Waals surface area contributed by atoms with Gasteiger partial charge in [-0.25, -0.2) is 13.8 Å². The van der Waals surface area contributed by atoms with Gasteiger partial charge in [0.15, 0.2) is 4.87 Å². The molecule has 0 fully saturated rings. The van der Waals surface area contributed by atoms with Crippen LogP contribution in [0.5, 0.6) is 5.75 Å². The molecule has 2 N–H and O–H groups in total. The summed E-state index contributed by atoms with van der Waals surface area (Å²) in [5.74, 6) is -1.13. The maximum absolute atomic E-state index is 13.8. The van der Waals surface area contributed by atoms with Gasteiger partial charge in [-0.1, -0.05) is 30.0 Å². The van der Waals surface area contributed by atoms with Crippen molar-refractivity contribution in [1.29, 1.82) is 0 Å². The van der Waals surface area contributed by atoms with E-state index in [9.17, 15) is 13.6 Å². The molecule has 2 atom stereocenters. The standard InChI is InChI=1S/C20H19F2N3O2S/c1-12(26)25-20(28-19(24-25)13-8-15(21)10-16(22)9-13)14(6-7-23)11-27-18-5-3-2-4-17(18)20/h2-5,8-10,14H,6-7,11,23H2,1H3/t14-,20+/m0/s1. The maximum Gasteiger partial charge on any atom is 0.241 e. The van der Waals surface area contributed by atoms with Crippen molar-refractivity contribution in [1.82, 2.24) is 5.01 Å². The third-order valence-corrected chi connectivity index (χ3v) is 6.50. The number of thioether (sulfide) groups is 1. The van der Waals surface area contributed by atoms with Crippen LogP contribution in [0.15, 0.2) is 47.6 Å². The Labute approximate surface area is 165 Å². The van der Waals surface area contributed by atoms with Crippen LogP contribution in [0.3, 0.4) is 0 Å². The first-order valence-corrected chi connectivity index (χ1v) is 9.74. The van der Waals surface area contributed by atoms with E-state index in [1.54, 1.807) is 0 Å². The number of nitrogens with zero attached hydrogens (tertiary/aromatic N) is 2. The summed E-state index contributed by atoms with van der Waals surface area (Å²) >= 11 is 1.32. The molecule has 0 saturated heterocycles. The predicted octanol–water partition coefficient (Wildman–Crippen LogP) is 3.43. The van der Waals surface area contributed by atoms with Crippen LogP contribution in [-0.2, 0) is 9.67 Å². The van der Waals surface area contributed by atoms with Crippen LogP contribution >= 0.6 is 11.8 Å². The average molecular weight is 403 g/mol. The number of carbonyl (C=O) groups excluding carboxylic acids is 1. The summed E-state index contributed by atoms with van der Waals surface area (Å²) in [5, 5.41) is 6.28. The highest BCUT2D eigenvalue weighted by Gasteiger charge is 2.56. The van der Waals surface area contributed by atoms with E-state index in [4.69, 9.17) is 10.5 Å². The molecule has 2 heterocycles. The van der Waals surface area contributed by atoms with Crippen molar-refractivity contribution in [3.05, 3.63) is 65.2 Å². The number of ether oxygens (including phenoxy) is 1.